The Hall–Kier alpha value is -1.98. The molecule has 1 aromatic heterocycles. The van der Waals surface area contributed by atoms with Gasteiger partial charge in [-0.05, 0) is 26.7 Å². The minimum absolute atomic E-state index is 0.0960. The number of ketones is 1. The van der Waals surface area contributed by atoms with Crippen molar-refractivity contribution in [3.63, 3.8) is 0 Å². The lowest BCUT2D eigenvalue weighted by atomic mass is 9.93. The molecule has 2 heterocycles. The molecule has 19 heavy (non-hydrogen) atoms. The van der Waals surface area contributed by atoms with Crippen LogP contribution in [0.5, 0.6) is 0 Å². The third-order valence-corrected chi connectivity index (χ3v) is 3.65. The second kappa shape index (κ2) is 5.34. The van der Waals surface area contributed by atoms with Crippen molar-refractivity contribution in [2.75, 3.05) is 18.0 Å². The average Bonchev–Trinajstić information content (AvgIpc) is 2.39. The molecule has 0 radical (unpaired) electrons. The van der Waals surface area contributed by atoms with E-state index in [9.17, 15) is 14.9 Å². The van der Waals surface area contributed by atoms with Crippen molar-refractivity contribution < 1.29 is 9.72 Å². The van der Waals surface area contributed by atoms with Gasteiger partial charge in [0.25, 0.3) is 5.69 Å². The minimum atomic E-state index is -0.386. The number of hydrogen-bond acceptors (Lipinski definition) is 5. The van der Waals surface area contributed by atoms with Gasteiger partial charge in [-0.2, -0.15) is 0 Å². The van der Waals surface area contributed by atoms with Crippen molar-refractivity contribution in [1.29, 1.82) is 0 Å². The summed E-state index contributed by atoms with van der Waals surface area (Å²) in [6.45, 7) is 4.74. The highest BCUT2D eigenvalue weighted by molar-refractivity contribution is 5.78. The molecule has 1 fully saturated rings. The molecular formula is C13H17N3O3. The van der Waals surface area contributed by atoms with Crippen LogP contribution < -0.4 is 4.90 Å². The number of carbonyl (C=O) groups excluding carboxylic acids is 1. The van der Waals surface area contributed by atoms with Gasteiger partial charge in [-0.15, -0.1) is 0 Å². The summed E-state index contributed by atoms with van der Waals surface area (Å²) in [6.07, 6.45) is 3.11. The van der Waals surface area contributed by atoms with Gasteiger partial charge < -0.3 is 4.90 Å². The topological polar surface area (TPSA) is 76.3 Å². The summed E-state index contributed by atoms with van der Waals surface area (Å²) in [7, 11) is 0. The first kappa shape index (κ1) is 13.5. The number of rotatable bonds is 3. The van der Waals surface area contributed by atoms with Crippen molar-refractivity contribution in [2.45, 2.75) is 26.7 Å². The van der Waals surface area contributed by atoms with Crippen LogP contribution in [-0.4, -0.2) is 28.8 Å². The number of nitrogens with zero attached hydrogens (tertiary/aromatic N) is 3. The minimum Gasteiger partial charge on any atom is -0.356 e. The summed E-state index contributed by atoms with van der Waals surface area (Å²) in [6, 6.07) is 1.52. The lowest BCUT2D eigenvalue weighted by molar-refractivity contribution is -0.385. The number of aromatic nitrogens is 1. The van der Waals surface area contributed by atoms with Crippen LogP contribution in [0.15, 0.2) is 12.3 Å². The Morgan fingerprint density at radius 2 is 2.11 bits per heavy atom. The third-order valence-electron chi connectivity index (χ3n) is 3.65. The highest BCUT2D eigenvalue weighted by Gasteiger charge is 2.24. The number of aryl methyl sites for hydroxylation is 1. The maximum atomic E-state index is 11.3. The number of hydrogen-bond donors (Lipinski definition) is 0. The predicted octanol–water partition coefficient (Wildman–Crippen LogP) is 2.10. The Bertz CT molecular complexity index is 508. The summed E-state index contributed by atoms with van der Waals surface area (Å²) < 4.78 is 0. The maximum absolute atomic E-state index is 11.3. The van der Waals surface area contributed by atoms with E-state index in [0.717, 1.165) is 25.9 Å². The molecule has 0 atom stereocenters. The van der Waals surface area contributed by atoms with Gasteiger partial charge >= 0.3 is 0 Å². The Kier molecular flexibility index (Phi) is 3.78. The van der Waals surface area contributed by atoms with E-state index in [2.05, 4.69) is 4.98 Å². The number of carbonyl (C=O) groups is 1. The lowest BCUT2D eigenvalue weighted by Gasteiger charge is -2.31. The van der Waals surface area contributed by atoms with E-state index in [0.29, 0.717) is 11.4 Å². The standard InChI is InChI=1S/C13H17N3O3/c1-9-8-14-13(7-12(9)16(18)19)15-5-3-11(4-6-15)10(2)17/h7-8,11H,3-6H2,1-2H3. The van der Waals surface area contributed by atoms with E-state index >= 15 is 0 Å². The number of nitro groups is 1. The third kappa shape index (κ3) is 2.89. The maximum Gasteiger partial charge on any atom is 0.277 e. The number of pyridine rings is 1. The van der Waals surface area contributed by atoms with Gasteiger partial charge in [0.15, 0.2) is 0 Å². The fourth-order valence-electron chi connectivity index (χ4n) is 2.39. The highest BCUT2D eigenvalue weighted by Crippen LogP contribution is 2.26. The molecule has 1 aliphatic heterocycles. The van der Waals surface area contributed by atoms with Gasteiger partial charge in [-0.3, -0.25) is 14.9 Å². The van der Waals surface area contributed by atoms with E-state index in [1.54, 1.807) is 13.8 Å². The van der Waals surface area contributed by atoms with Crippen LogP contribution >= 0.6 is 0 Å². The molecule has 6 heteroatoms. The normalized spacial score (nSPS) is 16.4. The fourth-order valence-corrected chi connectivity index (χ4v) is 2.39. The van der Waals surface area contributed by atoms with E-state index in [1.165, 1.54) is 12.3 Å². The fraction of sp³-hybridized carbons (Fsp3) is 0.538. The zero-order valence-electron chi connectivity index (χ0n) is 11.1. The molecule has 6 nitrogen and oxygen atoms in total. The van der Waals surface area contributed by atoms with E-state index in [1.807, 2.05) is 4.90 Å². The van der Waals surface area contributed by atoms with Crippen molar-refractivity contribution in [3.05, 3.63) is 27.9 Å². The average molecular weight is 263 g/mol. The summed E-state index contributed by atoms with van der Waals surface area (Å²) in [5, 5.41) is 10.9. The summed E-state index contributed by atoms with van der Waals surface area (Å²) in [5.41, 5.74) is 0.658. The Labute approximate surface area is 111 Å². The van der Waals surface area contributed by atoms with Crippen LogP contribution in [-0.2, 0) is 4.79 Å². The highest BCUT2D eigenvalue weighted by atomic mass is 16.6. The van der Waals surface area contributed by atoms with Crippen LogP contribution in [0.2, 0.25) is 0 Å². The molecule has 0 amide bonds. The SMILES string of the molecule is CC(=O)C1CCN(c2cc([N+](=O)[O-])c(C)cn2)CC1. The summed E-state index contributed by atoms with van der Waals surface area (Å²) in [5.74, 6) is 0.971. The van der Waals surface area contributed by atoms with Crippen LogP contribution in [0, 0.1) is 23.0 Å². The number of piperidine rings is 1. The lowest BCUT2D eigenvalue weighted by Crippen LogP contribution is -2.36. The van der Waals surface area contributed by atoms with Gasteiger partial charge in [0.05, 0.1) is 11.0 Å². The number of Topliss-reactive ketones (excluding diaryl/α,β-unsaturated/α-hetero) is 1. The Balaban J connectivity index is 2.14. The zero-order chi connectivity index (χ0) is 14.0. The molecule has 102 valence electrons. The molecule has 2 rings (SSSR count). The predicted molar refractivity (Wildman–Crippen MR) is 71.2 cm³/mol. The van der Waals surface area contributed by atoms with Gasteiger partial charge in [-0.25, -0.2) is 4.98 Å². The van der Waals surface area contributed by atoms with Gasteiger partial charge in [0.2, 0.25) is 0 Å². The molecule has 0 aromatic carbocycles. The molecule has 1 aliphatic rings. The molecular weight excluding hydrogens is 246 g/mol. The Morgan fingerprint density at radius 3 is 2.63 bits per heavy atom. The quantitative estimate of drug-likeness (QED) is 0.616. The van der Waals surface area contributed by atoms with Crippen LogP contribution in [0.3, 0.4) is 0 Å². The smallest absolute Gasteiger partial charge is 0.277 e. The first-order valence-corrected chi connectivity index (χ1v) is 6.35. The molecule has 1 saturated heterocycles. The second-order valence-corrected chi connectivity index (χ2v) is 4.96. The summed E-state index contributed by atoms with van der Waals surface area (Å²) in [4.78, 5) is 28.1. The van der Waals surface area contributed by atoms with Crippen molar-refractivity contribution in [3.8, 4) is 0 Å². The largest absolute Gasteiger partial charge is 0.356 e. The first-order chi connectivity index (χ1) is 8.99. The molecule has 0 bridgehead atoms. The molecule has 0 unspecified atom stereocenters. The molecule has 0 saturated carbocycles. The van der Waals surface area contributed by atoms with Crippen LogP contribution in [0.4, 0.5) is 11.5 Å². The first-order valence-electron chi connectivity index (χ1n) is 6.35. The van der Waals surface area contributed by atoms with E-state index in [-0.39, 0.29) is 22.3 Å². The van der Waals surface area contributed by atoms with Crippen LogP contribution in [0.25, 0.3) is 0 Å². The zero-order valence-corrected chi connectivity index (χ0v) is 11.1. The van der Waals surface area contributed by atoms with E-state index < -0.39 is 0 Å². The number of anilines is 1. The van der Waals surface area contributed by atoms with Gasteiger partial charge in [0, 0.05) is 30.8 Å². The second-order valence-electron chi connectivity index (χ2n) is 4.96. The van der Waals surface area contributed by atoms with Gasteiger partial charge in [-0.1, -0.05) is 0 Å². The van der Waals surface area contributed by atoms with Crippen molar-refractivity contribution in [1.82, 2.24) is 4.98 Å². The van der Waals surface area contributed by atoms with Crippen molar-refractivity contribution in [2.24, 2.45) is 5.92 Å². The van der Waals surface area contributed by atoms with Gasteiger partial charge in [0.1, 0.15) is 11.6 Å². The Morgan fingerprint density at radius 1 is 1.47 bits per heavy atom. The van der Waals surface area contributed by atoms with Crippen LogP contribution in [0.1, 0.15) is 25.3 Å². The molecule has 0 N–H and O–H groups in total. The molecule has 1 aromatic rings. The monoisotopic (exact) mass is 263 g/mol. The summed E-state index contributed by atoms with van der Waals surface area (Å²) >= 11 is 0. The molecule has 0 aliphatic carbocycles. The van der Waals surface area contributed by atoms with Crippen molar-refractivity contribution >= 4 is 17.3 Å². The molecule has 0 spiro atoms. The van der Waals surface area contributed by atoms with E-state index in [4.69, 9.17) is 0 Å².